The quantitative estimate of drug-likeness (QED) is 0.375. The Labute approximate surface area is 129 Å². The van der Waals surface area contributed by atoms with Gasteiger partial charge in [-0.2, -0.15) is 0 Å². The molecule has 0 saturated carbocycles. The van der Waals surface area contributed by atoms with Crippen molar-refractivity contribution < 1.29 is 29.0 Å². The molecule has 1 aliphatic heterocycles. The van der Waals surface area contributed by atoms with Gasteiger partial charge in [0.25, 0.3) is 5.56 Å². The summed E-state index contributed by atoms with van der Waals surface area (Å²) >= 11 is 3.26. The summed E-state index contributed by atoms with van der Waals surface area (Å²) in [5, 5.41) is 18.7. The van der Waals surface area contributed by atoms with E-state index < -0.39 is 43.1 Å². The maximum atomic E-state index is 12.2. The van der Waals surface area contributed by atoms with Crippen molar-refractivity contribution in [3.05, 3.63) is 32.6 Å². The number of thiol groups is 1. The Bertz CT molecular complexity index is 725. The third-order valence-corrected chi connectivity index (χ3v) is 3.73. The minimum atomic E-state index is -4.43. The van der Waals surface area contributed by atoms with Crippen LogP contribution in [0.4, 0.5) is 0 Å². The lowest BCUT2D eigenvalue weighted by Gasteiger charge is -2.17. The first-order valence-corrected chi connectivity index (χ1v) is 8.92. The van der Waals surface area contributed by atoms with E-state index in [-0.39, 0.29) is 16.7 Å². The Morgan fingerprint density at radius 1 is 1.55 bits per heavy atom. The van der Waals surface area contributed by atoms with E-state index in [4.69, 9.17) is 14.7 Å². The van der Waals surface area contributed by atoms with Gasteiger partial charge < -0.3 is 24.5 Å². The second-order valence-electron chi connectivity index (χ2n) is 4.79. The highest BCUT2D eigenvalue weighted by Gasteiger charge is 2.35. The van der Waals surface area contributed by atoms with Gasteiger partial charge in [0.05, 0.1) is 12.7 Å². The summed E-state index contributed by atoms with van der Waals surface area (Å²) in [6.07, 6.45) is -1.63. The van der Waals surface area contributed by atoms with Crippen LogP contribution in [0.5, 0.6) is 0 Å². The molecule has 124 valence electrons. The fraction of sp³-hybridized carbons (Fsp3) is 0.600. The van der Waals surface area contributed by atoms with Crippen LogP contribution >= 0.6 is 19.0 Å². The first kappa shape index (κ1) is 17.3. The van der Waals surface area contributed by atoms with Crippen LogP contribution in [0.25, 0.3) is 0 Å². The van der Waals surface area contributed by atoms with Gasteiger partial charge in [0.1, 0.15) is 12.3 Å². The van der Waals surface area contributed by atoms with Crippen molar-refractivity contribution in [2.45, 2.75) is 31.8 Å². The molecule has 0 radical (unpaired) electrons. The van der Waals surface area contributed by atoms with Crippen molar-refractivity contribution in [2.24, 2.45) is 0 Å². The van der Waals surface area contributed by atoms with Crippen molar-refractivity contribution in [1.29, 1.82) is 0 Å². The van der Waals surface area contributed by atoms with Crippen LogP contribution in [0.3, 0.4) is 0 Å². The number of rotatable bonds is 4. The van der Waals surface area contributed by atoms with Crippen LogP contribution in [-0.2, 0) is 9.30 Å². The Morgan fingerprint density at radius 3 is 2.68 bits per heavy atom. The molecule has 1 fully saturated rings. The molecule has 0 aliphatic carbocycles. The first-order valence-electron chi connectivity index (χ1n) is 6.19. The van der Waals surface area contributed by atoms with Crippen molar-refractivity contribution >= 4 is 19.0 Å². The number of aliphatic hydroxyl groups is 2. The van der Waals surface area contributed by atoms with Crippen LogP contribution in [-0.4, -0.2) is 43.2 Å². The fourth-order valence-corrected chi connectivity index (χ4v) is 2.68. The summed E-state index contributed by atoms with van der Waals surface area (Å²) in [6.45, 7) is -3.50. The maximum Gasteiger partial charge on any atom is 0.453 e. The third kappa shape index (κ3) is 3.45. The smallest absolute Gasteiger partial charge is 0.394 e. The molecule has 2 heterocycles. The van der Waals surface area contributed by atoms with Gasteiger partial charge in [-0.15, -0.1) is 0 Å². The lowest BCUT2D eigenvalue weighted by Crippen LogP contribution is -2.44. The molecule has 0 bridgehead atoms. The molecule has 1 aromatic rings. The normalized spacial score (nSPS) is 27.6. The number of nitrogens with zero attached hydrogens (tertiary/aromatic N) is 2. The summed E-state index contributed by atoms with van der Waals surface area (Å²) in [6, 6.07) is 0. The van der Waals surface area contributed by atoms with Gasteiger partial charge in [-0.3, -0.25) is 9.36 Å². The van der Waals surface area contributed by atoms with Crippen molar-refractivity contribution in [1.82, 2.24) is 9.30 Å². The van der Waals surface area contributed by atoms with Crippen LogP contribution in [0.1, 0.15) is 18.2 Å². The van der Waals surface area contributed by atoms with Crippen LogP contribution < -0.4 is 15.9 Å². The predicted molar refractivity (Wildman–Crippen MR) is 76.7 cm³/mol. The van der Waals surface area contributed by atoms with E-state index in [1.165, 1.54) is 13.1 Å². The highest BCUT2D eigenvalue weighted by atomic mass is 32.7. The Kier molecular flexibility index (Phi) is 4.85. The maximum absolute atomic E-state index is 12.2. The fourth-order valence-electron chi connectivity index (χ4n) is 2.11. The van der Waals surface area contributed by atoms with Crippen molar-refractivity contribution in [2.75, 3.05) is 6.61 Å². The van der Waals surface area contributed by atoms with Crippen molar-refractivity contribution in [3.8, 4) is 0 Å². The minimum absolute atomic E-state index is 0.000434. The molecule has 22 heavy (non-hydrogen) atoms. The molecule has 1 saturated heterocycles. The predicted octanol–water partition coefficient (Wildman–Crippen LogP) is -1.58. The highest BCUT2D eigenvalue weighted by molar-refractivity contribution is 8.44. The average Bonchev–Trinajstić information content (AvgIpc) is 2.79. The van der Waals surface area contributed by atoms with E-state index >= 15 is 0 Å². The summed E-state index contributed by atoms with van der Waals surface area (Å²) in [7, 11) is 0. The van der Waals surface area contributed by atoms with E-state index in [2.05, 4.69) is 16.9 Å². The summed E-state index contributed by atoms with van der Waals surface area (Å²) in [5.41, 5.74) is -1.93. The molecule has 3 N–H and O–H groups in total. The number of ether oxygens (including phenoxy) is 1. The molecular weight excluding hydrogens is 339 g/mol. The van der Waals surface area contributed by atoms with Crippen molar-refractivity contribution in [3.63, 3.8) is 0 Å². The number of aliphatic hydroxyl groups excluding tert-OH is 2. The minimum Gasteiger partial charge on any atom is -0.394 e. The molecule has 0 amide bonds. The Hall–Kier alpha value is -1.10. The standard InChI is InChI=1S/C10H15N2O8PS/c1-5-3-11(8-2-6(14)7(4-13)19-8)10(16)12(9(5)15)20-21(17,18)22/h3,6-8,13-14H,2,4H2,1H3,(H2,17,18,22)/t6-,7+,8+/m0/s1. The van der Waals surface area contributed by atoms with E-state index in [9.17, 15) is 19.3 Å². The molecule has 1 aromatic heterocycles. The monoisotopic (exact) mass is 354 g/mol. The molecule has 1 unspecified atom stereocenters. The number of aromatic nitrogens is 2. The van der Waals surface area contributed by atoms with Crippen LogP contribution in [0.15, 0.2) is 15.8 Å². The third-order valence-electron chi connectivity index (χ3n) is 3.13. The second-order valence-corrected chi connectivity index (χ2v) is 7.45. The molecule has 0 aromatic carbocycles. The molecule has 1 aliphatic rings. The number of hydrogen-bond donors (Lipinski definition) is 4. The van der Waals surface area contributed by atoms with Crippen LogP contribution in [0, 0.1) is 6.92 Å². The summed E-state index contributed by atoms with van der Waals surface area (Å²) < 4.78 is 21.9. The molecular formula is C10H15N2O8PS. The molecule has 10 nitrogen and oxygen atoms in total. The topological polar surface area (TPSA) is 140 Å². The zero-order chi connectivity index (χ0) is 16.7. The molecule has 2 rings (SSSR count). The molecule has 0 spiro atoms. The highest BCUT2D eigenvalue weighted by Crippen LogP contribution is 2.42. The zero-order valence-electron chi connectivity index (χ0n) is 11.4. The Morgan fingerprint density at radius 2 is 2.18 bits per heavy atom. The number of aryl methyl sites for hydroxylation is 1. The van der Waals surface area contributed by atoms with E-state index in [1.807, 2.05) is 0 Å². The van der Waals surface area contributed by atoms with Crippen LogP contribution in [0.2, 0.25) is 0 Å². The van der Waals surface area contributed by atoms with Gasteiger partial charge in [-0.05, 0) is 19.2 Å². The lowest BCUT2D eigenvalue weighted by atomic mass is 10.2. The van der Waals surface area contributed by atoms with Gasteiger partial charge in [0.2, 0.25) is 0 Å². The SMILES string of the molecule is Cc1cn([C@H]2C[C@H](O)[C@@H](CO)O2)c(=O)n(OP(=O)(O)S)c1=O. The zero-order valence-corrected chi connectivity index (χ0v) is 13.2. The van der Waals surface area contributed by atoms with Gasteiger partial charge in [-0.25, -0.2) is 9.36 Å². The van der Waals surface area contributed by atoms with Gasteiger partial charge in [0, 0.05) is 18.2 Å². The summed E-state index contributed by atoms with van der Waals surface area (Å²) in [4.78, 5) is 33.1. The molecule has 12 heteroatoms. The van der Waals surface area contributed by atoms with Gasteiger partial charge in [-0.1, -0.05) is 4.73 Å². The van der Waals surface area contributed by atoms with E-state index in [0.29, 0.717) is 0 Å². The van der Waals surface area contributed by atoms with Gasteiger partial charge >= 0.3 is 12.5 Å². The average molecular weight is 354 g/mol. The van der Waals surface area contributed by atoms with E-state index in [1.54, 1.807) is 0 Å². The second kappa shape index (κ2) is 6.19. The molecule has 4 atom stereocenters. The van der Waals surface area contributed by atoms with E-state index in [0.717, 1.165) is 4.57 Å². The lowest BCUT2D eigenvalue weighted by molar-refractivity contribution is -0.0473. The largest absolute Gasteiger partial charge is 0.453 e. The Balaban J connectivity index is 2.49. The van der Waals surface area contributed by atoms with Gasteiger partial charge in [0.15, 0.2) is 0 Å². The summed E-state index contributed by atoms with van der Waals surface area (Å²) in [5.74, 6) is 0. The number of hydrogen-bond acceptors (Lipinski definition) is 7. The first-order chi connectivity index (χ1) is 10.1.